The van der Waals surface area contributed by atoms with Crippen molar-refractivity contribution in [3.63, 3.8) is 0 Å². The smallest absolute Gasteiger partial charge is 0.221 e. The molecule has 0 aromatic carbocycles. The highest BCUT2D eigenvalue weighted by Gasteiger charge is 2.08. The lowest BCUT2D eigenvalue weighted by Crippen LogP contribution is -2.25. The molecule has 7 heteroatoms. The van der Waals surface area contributed by atoms with Gasteiger partial charge >= 0.3 is 0 Å². The predicted octanol–water partition coefficient (Wildman–Crippen LogP) is 0.357. The van der Waals surface area contributed by atoms with E-state index in [1.165, 1.54) is 0 Å². The van der Waals surface area contributed by atoms with Gasteiger partial charge in [-0.15, -0.1) is 0 Å². The highest BCUT2D eigenvalue weighted by Crippen LogP contribution is 2.11. The molecule has 6 nitrogen and oxygen atoms in total. The van der Waals surface area contributed by atoms with Gasteiger partial charge in [-0.25, -0.2) is 9.97 Å². The summed E-state index contributed by atoms with van der Waals surface area (Å²) in [4.78, 5) is 19.8. The minimum Gasteiger partial charge on any atom is -0.389 e. The Morgan fingerprint density at radius 1 is 1.56 bits per heavy atom. The highest BCUT2D eigenvalue weighted by atomic mass is 32.1. The van der Waals surface area contributed by atoms with Crippen molar-refractivity contribution in [3.8, 4) is 0 Å². The maximum absolute atomic E-state index is 11.3. The fourth-order valence-electron chi connectivity index (χ4n) is 1.37. The maximum atomic E-state index is 11.3. The molecule has 0 saturated carbocycles. The van der Waals surface area contributed by atoms with E-state index in [2.05, 4.69) is 20.6 Å². The lowest BCUT2D eigenvalue weighted by atomic mass is 10.3. The van der Waals surface area contributed by atoms with Crippen LogP contribution >= 0.6 is 12.2 Å². The number of hydrogen-bond donors (Lipinski definition) is 3. The molecule has 0 bridgehead atoms. The average Bonchev–Trinajstić information content (AvgIpc) is 2.29. The van der Waals surface area contributed by atoms with Crippen molar-refractivity contribution in [2.24, 2.45) is 5.73 Å². The molecule has 1 amide bonds. The first kappa shape index (κ1) is 14.3. The Kier molecular flexibility index (Phi) is 5.44. The van der Waals surface area contributed by atoms with Crippen molar-refractivity contribution < 1.29 is 4.79 Å². The third-order valence-corrected chi connectivity index (χ3v) is 2.41. The number of carbonyl (C=O) groups is 1. The average molecular weight is 267 g/mol. The summed E-state index contributed by atoms with van der Waals surface area (Å²) in [6.07, 6.45) is 1.95. The standard InChI is InChI=1S/C11H17N5OS/c1-3-13-9(17)4-5-14-11-8(10(12)18)6-15-7(2)16-11/h6H,3-5H2,1-2H3,(H2,12,18)(H,13,17)(H,14,15,16). The van der Waals surface area contributed by atoms with E-state index >= 15 is 0 Å². The predicted molar refractivity (Wildman–Crippen MR) is 74.4 cm³/mol. The number of rotatable bonds is 6. The normalized spacial score (nSPS) is 9.89. The summed E-state index contributed by atoms with van der Waals surface area (Å²) in [5.74, 6) is 1.18. The van der Waals surface area contributed by atoms with Crippen LogP contribution in [0.4, 0.5) is 5.82 Å². The van der Waals surface area contributed by atoms with Gasteiger partial charge in [-0.05, 0) is 13.8 Å². The zero-order chi connectivity index (χ0) is 13.5. The maximum Gasteiger partial charge on any atom is 0.221 e. The van der Waals surface area contributed by atoms with Gasteiger partial charge in [0.15, 0.2) is 0 Å². The van der Waals surface area contributed by atoms with Gasteiger partial charge in [0.25, 0.3) is 0 Å². The van der Waals surface area contributed by atoms with Gasteiger partial charge in [0.2, 0.25) is 5.91 Å². The lowest BCUT2D eigenvalue weighted by Gasteiger charge is -2.10. The summed E-state index contributed by atoms with van der Waals surface area (Å²) in [5.41, 5.74) is 6.17. The zero-order valence-electron chi connectivity index (χ0n) is 10.5. The number of nitrogens with two attached hydrogens (primary N) is 1. The third-order valence-electron chi connectivity index (χ3n) is 2.19. The van der Waals surface area contributed by atoms with Crippen molar-refractivity contribution in [2.75, 3.05) is 18.4 Å². The monoisotopic (exact) mass is 267 g/mol. The molecule has 1 aromatic heterocycles. The SMILES string of the molecule is CCNC(=O)CCNc1nc(C)ncc1C(N)=S. The number of carbonyl (C=O) groups excluding carboxylic acids is 1. The quantitative estimate of drug-likeness (QED) is 0.644. The van der Waals surface area contributed by atoms with E-state index in [9.17, 15) is 4.79 Å². The first-order valence-electron chi connectivity index (χ1n) is 5.68. The second-order valence-corrected chi connectivity index (χ2v) is 4.11. The van der Waals surface area contributed by atoms with Gasteiger partial charge in [0.05, 0.1) is 5.56 Å². The molecule has 0 unspecified atom stereocenters. The summed E-state index contributed by atoms with van der Waals surface area (Å²) in [7, 11) is 0. The molecule has 0 radical (unpaired) electrons. The van der Waals surface area contributed by atoms with Gasteiger partial charge in [0, 0.05) is 25.7 Å². The number of aromatic nitrogens is 2. The molecular formula is C11H17N5OS. The Labute approximate surface area is 111 Å². The topological polar surface area (TPSA) is 92.9 Å². The first-order valence-corrected chi connectivity index (χ1v) is 6.09. The number of aryl methyl sites for hydroxylation is 1. The van der Waals surface area contributed by atoms with Gasteiger partial charge in [-0.2, -0.15) is 0 Å². The van der Waals surface area contributed by atoms with Gasteiger partial charge in [-0.3, -0.25) is 4.79 Å². The molecule has 4 N–H and O–H groups in total. The van der Waals surface area contributed by atoms with Crippen molar-refractivity contribution in [2.45, 2.75) is 20.3 Å². The van der Waals surface area contributed by atoms with Crippen LogP contribution in [-0.2, 0) is 4.79 Å². The van der Waals surface area contributed by atoms with Gasteiger partial charge in [-0.1, -0.05) is 12.2 Å². The molecule has 0 fully saturated rings. The molecule has 0 aliphatic rings. The fraction of sp³-hybridized carbons (Fsp3) is 0.455. The van der Waals surface area contributed by atoms with Crippen LogP contribution in [0.15, 0.2) is 6.20 Å². The number of amides is 1. The largest absolute Gasteiger partial charge is 0.389 e. The van der Waals surface area contributed by atoms with E-state index < -0.39 is 0 Å². The summed E-state index contributed by atoms with van der Waals surface area (Å²) >= 11 is 4.91. The van der Waals surface area contributed by atoms with E-state index in [1.807, 2.05) is 6.92 Å². The number of nitrogens with zero attached hydrogens (tertiary/aromatic N) is 2. The highest BCUT2D eigenvalue weighted by molar-refractivity contribution is 7.80. The molecule has 98 valence electrons. The molecule has 1 rings (SSSR count). The van der Waals surface area contributed by atoms with E-state index in [1.54, 1.807) is 13.1 Å². The van der Waals surface area contributed by atoms with Gasteiger partial charge < -0.3 is 16.4 Å². The fourth-order valence-corrected chi connectivity index (χ4v) is 1.51. The van der Waals surface area contributed by atoms with Crippen molar-refractivity contribution in [1.29, 1.82) is 0 Å². The second kappa shape index (κ2) is 6.85. The summed E-state index contributed by atoms with van der Waals surface area (Å²) in [6.45, 7) is 4.75. The molecule has 0 aliphatic carbocycles. The molecule has 18 heavy (non-hydrogen) atoms. The van der Waals surface area contributed by atoms with E-state index in [4.69, 9.17) is 18.0 Å². The Morgan fingerprint density at radius 3 is 2.89 bits per heavy atom. The third kappa shape index (κ3) is 4.25. The van der Waals surface area contributed by atoms with Crippen LogP contribution < -0.4 is 16.4 Å². The number of anilines is 1. The lowest BCUT2D eigenvalue weighted by molar-refractivity contribution is -0.120. The number of nitrogens with one attached hydrogen (secondary N) is 2. The van der Waals surface area contributed by atoms with E-state index in [0.717, 1.165) is 0 Å². The second-order valence-electron chi connectivity index (χ2n) is 3.67. The molecule has 0 aliphatic heterocycles. The van der Waals surface area contributed by atoms with Crippen LogP contribution in [0.1, 0.15) is 24.7 Å². The minimum absolute atomic E-state index is 0.00680. The van der Waals surface area contributed by atoms with Crippen LogP contribution in [0.2, 0.25) is 0 Å². The van der Waals surface area contributed by atoms with Crippen molar-refractivity contribution >= 4 is 28.9 Å². The van der Waals surface area contributed by atoms with E-state index in [-0.39, 0.29) is 10.9 Å². The molecular weight excluding hydrogens is 250 g/mol. The van der Waals surface area contributed by atoms with Crippen LogP contribution in [0.5, 0.6) is 0 Å². The summed E-state index contributed by atoms with van der Waals surface area (Å²) < 4.78 is 0. The van der Waals surface area contributed by atoms with Crippen LogP contribution in [0, 0.1) is 6.92 Å². The van der Waals surface area contributed by atoms with Crippen LogP contribution in [0.25, 0.3) is 0 Å². The Bertz CT molecular complexity index is 449. The van der Waals surface area contributed by atoms with Gasteiger partial charge in [0.1, 0.15) is 16.6 Å². The molecule has 1 aromatic rings. The summed E-state index contributed by atoms with van der Waals surface area (Å²) in [6, 6.07) is 0. The number of hydrogen-bond acceptors (Lipinski definition) is 5. The molecule has 1 heterocycles. The summed E-state index contributed by atoms with van der Waals surface area (Å²) in [5, 5.41) is 5.76. The molecule has 0 saturated heterocycles. The van der Waals surface area contributed by atoms with E-state index in [0.29, 0.717) is 36.7 Å². The first-order chi connectivity index (χ1) is 8.54. The van der Waals surface area contributed by atoms with Crippen molar-refractivity contribution in [3.05, 3.63) is 17.6 Å². The minimum atomic E-state index is -0.00680. The Balaban J connectivity index is 2.63. The Hall–Kier alpha value is -1.76. The number of thiocarbonyl (C=S) groups is 1. The van der Waals surface area contributed by atoms with Crippen LogP contribution in [-0.4, -0.2) is 34.0 Å². The van der Waals surface area contributed by atoms with Crippen molar-refractivity contribution in [1.82, 2.24) is 15.3 Å². The zero-order valence-corrected chi connectivity index (χ0v) is 11.3. The molecule has 0 spiro atoms. The molecule has 0 atom stereocenters. The Morgan fingerprint density at radius 2 is 2.28 bits per heavy atom. The van der Waals surface area contributed by atoms with Crippen LogP contribution in [0.3, 0.4) is 0 Å².